The second-order valence-electron chi connectivity index (χ2n) is 7.12. The summed E-state index contributed by atoms with van der Waals surface area (Å²) in [6.45, 7) is 1.90. The molecule has 0 radical (unpaired) electrons. The van der Waals surface area contributed by atoms with Gasteiger partial charge in [0.15, 0.2) is 17.2 Å². The molecule has 32 heavy (non-hydrogen) atoms. The number of hydrogen-bond donors (Lipinski definition) is 0. The molecular formula is C25H20BrNO5. The van der Waals surface area contributed by atoms with Crippen LogP contribution in [0.15, 0.2) is 69.8 Å². The molecule has 1 aliphatic heterocycles. The summed E-state index contributed by atoms with van der Waals surface area (Å²) in [7, 11) is 1.48. The standard InChI is InChI=1S/C25H20BrNO5/c1-3-7-22(28)31-23-19(26)12-15(14-21(23)30-2)13-20-25(29)32-24(27-20)18-11-6-9-16-8-4-5-10-17(16)18/h4-6,8-14H,3,7H2,1-2H3/b20-13-. The van der Waals surface area contributed by atoms with Crippen LogP contribution in [-0.2, 0) is 14.3 Å². The van der Waals surface area contributed by atoms with E-state index in [1.54, 1.807) is 18.2 Å². The number of fused-ring (bicyclic) bond motifs is 1. The maximum Gasteiger partial charge on any atom is 0.363 e. The van der Waals surface area contributed by atoms with Gasteiger partial charge in [-0.3, -0.25) is 4.79 Å². The first-order chi connectivity index (χ1) is 15.5. The van der Waals surface area contributed by atoms with Crippen LogP contribution in [0.4, 0.5) is 0 Å². The van der Waals surface area contributed by atoms with Crippen LogP contribution in [0.1, 0.15) is 30.9 Å². The second kappa shape index (κ2) is 9.36. The third-order valence-corrected chi connectivity index (χ3v) is 5.45. The fraction of sp³-hybridized carbons (Fsp3) is 0.160. The lowest BCUT2D eigenvalue weighted by Crippen LogP contribution is -2.08. The molecule has 0 aliphatic carbocycles. The highest BCUT2D eigenvalue weighted by atomic mass is 79.9. The van der Waals surface area contributed by atoms with Gasteiger partial charge in [0.25, 0.3) is 0 Å². The highest BCUT2D eigenvalue weighted by molar-refractivity contribution is 9.10. The van der Waals surface area contributed by atoms with Gasteiger partial charge in [-0.2, -0.15) is 0 Å². The molecule has 3 aromatic carbocycles. The number of carbonyl (C=O) groups excluding carboxylic acids is 2. The Hall–Kier alpha value is -3.45. The van der Waals surface area contributed by atoms with Crippen LogP contribution in [-0.4, -0.2) is 24.9 Å². The number of rotatable bonds is 6. The molecule has 0 bridgehead atoms. The molecule has 0 spiro atoms. The average molecular weight is 494 g/mol. The molecule has 7 heteroatoms. The van der Waals surface area contributed by atoms with Crippen molar-refractivity contribution in [2.75, 3.05) is 7.11 Å². The number of methoxy groups -OCH3 is 1. The SMILES string of the molecule is CCCC(=O)Oc1c(Br)cc(/C=C2\N=C(c3cccc4ccccc34)OC2=O)cc1OC. The highest BCUT2D eigenvalue weighted by Crippen LogP contribution is 2.38. The van der Waals surface area contributed by atoms with Gasteiger partial charge in [-0.05, 0) is 63.0 Å². The van der Waals surface area contributed by atoms with Crippen molar-refractivity contribution in [2.24, 2.45) is 4.99 Å². The fourth-order valence-corrected chi connectivity index (χ4v) is 3.93. The quantitative estimate of drug-likeness (QED) is 0.251. The van der Waals surface area contributed by atoms with Gasteiger partial charge < -0.3 is 14.2 Å². The Labute approximate surface area is 193 Å². The van der Waals surface area contributed by atoms with Gasteiger partial charge in [0.05, 0.1) is 11.6 Å². The van der Waals surface area contributed by atoms with E-state index < -0.39 is 5.97 Å². The van der Waals surface area contributed by atoms with Crippen molar-refractivity contribution in [3.8, 4) is 11.5 Å². The smallest absolute Gasteiger partial charge is 0.363 e. The normalized spacial score (nSPS) is 14.4. The lowest BCUT2D eigenvalue weighted by Gasteiger charge is -2.12. The Morgan fingerprint density at radius 2 is 1.94 bits per heavy atom. The number of halogens is 1. The van der Waals surface area contributed by atoms with Crippen LogP contribution in [0.2, 0.25) is 0 Å². The molecule has 0 saturated heterocycles. The maximum atomic E-state index is 12.5. The van der Waals surface area contributed by atoms with E-state index in [1.807, 2.05) is 49.4 Å². The van der Waals surface area contributed by atoms with E-state index in [-0.39, 0.29) is 17.6 Å². The minimum absolute atomic E-state index is 0.164. The first kappa shape index (κ1) is 21.8. The van der Waals surface area contributed by atoms with Crippen LogP contribution >= 0.6 is 15.9 Å². The summed E-state index contributed by atoms with van der Waals surface area (Å²) in [5.41, 5.74) is 1.55. The zero-order valence-electron chi connectivity index (χ0n) is 17.6. The molecule has 0 amide bonds. The summed E-state index contributed by atoms with van der Waals surface area (Å²) in [5.74, 6) is 0.0271. The van der Waals surface area contributed by atoms with Gasteiger partial charge in [0, 0.05) is 12.0 Å². The van der Waals surface area contributed by atoms with Crippen molar-refractivity contribution in [1.82, 2.24) is 0 Å². The molecule has 4 rings (SSSR count). The Balaban J connectivity index is 1.69. The van der Waals surface area contributed by atoms with Gasteiger partial charge in [-0.1, -0.05) is 43.3 Å². The number of hydrogen-bond acceptors (Lipinski definition) is 6. The average Bonchev–Trinajstić information content (AvgIpc) is 3.15. The van der Waals surface area contributed by atoms with Crippen molar-refractivity contribution in [2.45, 2.75) is 19.8 Å². The number of benzene rings is 3. The Morgan fingerprint density at radius 3 is 2.72 bits per heavy atom. The summed E-state index contributed by atoms with van der Waals surface area (Å²) < 4.78 is 16.8. The van der Waals surface area contributed by atoms with E-state index in [2.05, 4.69) is 20.9 Å². The largest absolute Gasteiger partial charge is 0.493 e. The second-order valence-corrected chi connectivity index (χ2v) is 7.98. The maximum absolute atomic E-state index is 12.5. The first-order valence-electron chi connectivity index (χ1n) is 10.1. The van der Waals surface area contributed by atoms with Gasteiger partial charge >= 0.3 is 11.9 Å². The molecule has 0 N–H and O–H groups in total. The zero-order chi connectivity index (χ0) is 22.7. The first-order valence-corrected chi connectivity index (χ1v) is 10.9. The summed E-state index contributed by atoms with van der Waals surface area (Å²) in [4.78, 5) is 28.8. The minimum Gasteiger partial charge on any atom is -0.493 e. The van der Waals surface area contributed by atoms with E-state index in [9.17, 15) is 9.59 Å². The Morgan fingerprint density at radius 1 is 1.16 bits per heavy atom. The summed E-state index contributed by atoms with van der Waals surface area (Å²) >= 11 is 3.42. The van der Waals surface area contributed by atoms with Crippen LogP contribution in [0.5, 0.6) is 11.5 Å². The molecule has 1 aliphatic rings. The van der Waals surface area contributed by atoms with E-state index in [0.717, 1.165) is 16.3 Å². The van der Waals surface area contributed by atoms with E-state index >= 15 is 0 Å². The number of cyclic esters (lactones) is 1. The molecule has 0 fully saturated rings. The van der Waals surface area contributed by atoms with E-state index in [1.165, 1.54) is 7.11 Å². The molecule has 3 aromatic rings. The van der Waals surface area contributed by atoms with Gasteiger partial charge in [0.2, 0.25) is 5.90 Å². The number of nitrogens with zero attached hydrogens (tertiary/aromatic N) is 1. The minimum atomic E-state index is -0.540. The third-order valence-electron chi connectivity index (χ3n) is 4.87. The Bertz CT molecular complexity index is 1270. The molecule has 6 nitrogen and oxygen atoms in total. The summed E-state index contributed by atoms with van der Waals surface area (Å²) in [5, 5.41) is 1.98. The fourth-order valence-electron chi connectivity index (χ4n) is 3.39. The van der Waals surface area contributed by atoms with Crippen molar-refractivity contribution in [3.63, 3.8) is 0 Å². The lowest BCUT2D eigenvalue weighted by molar-refractivity contribution is -0.134. The molecule has 0 unspecified atom stereocenters. The van der Waals surface area contributed by atoms with E-state index in [0.29, 0.717) is 34.4 Å². The topological polar surface area (TPSA) is 74.2 Å². The number of carbonyl (C=O) groups is 2. The summed E-state index contributed by atoms with van der Waals surface area (Å²) in [6, 6.07) is 17.0. The molecule has 162 valence electrons. The van der Waals surface area contributed by atoms with Gasteiger partial charge in [-0.15, -0.1) is 0 Å². The number of esters is 2. The van der Waals surface area contributed by atoms with Crippen molar-refractivity contribution in [3.05, 3.63) is 75.9 Å². The van der Waals surface area contributed by atoms with Gasteiger partial charge in [-0.25, -0.2) is 9.79 Å². The molecule has 0 aromatic heterocycles. The van der Waals surface area contributed by atoms with Crippen molar-refractivity contribution >= 4 is 50.6 Å². The molecule has 0 saturated carbocycles. The molecule has 0 atom stereocenters. The third kappa shape index (κ3) is 4.43. The van der Waals surface area contributed by atoms with E-state index in [4.69, 9.17) is 14.2 Å². The highest BCUT2D eigenvalue weighted by Gasteiger charge is 2.25. The molecule has 1 heterocycles. The number of ether oxygens (including phenoxy) is 3. The van der Waals surface area contributed by atoms with Gasteiger partial charge in [0.1, 0.15) is 0 Å². The molecular weight excluding hydrogens is 474 g/mol. The van der Waals surface area contributed by atoms with Crippen molar-refractivity contribution < 1.29 is 23.8 Å². The lowest BCUT2D eigenvalue weighted by atomic mass is 10.0. The monoisotopic (exact) mass is 493 g/mol. The van der Waals surface area contributed by atoms with Crippen LogP contribution in [0.25, 0.3) is 16.8 Å². The van der Waals surface area contributed by atoms with Crippen LogP contribution in [0, 0.1) is 0 Å². The van der Waals surface area contributed by atoms with Crippen molar-refractivity contribution in [1.29, 1.82) is 0 Å². The predicted molar refractivity (Wildman–Crippen MR) is 126 cm³/mol. The van der Waals surface area contributed by atoms with Crippen LogP contribution < -0.4 is 9.47 Å². The Kier molecular flexibility index (Phi) is 6.37. The zero-order valence-corrected chi connectivity index (χ0v) is 19.1. The summed E-state index contributed by atoms with van der Waals surface area (Å²) in [6.07, 6.45) is 2.59. The van der Waals surface area contributed by atoms with Crippen LogP contribution in [0.3, 0.4) is 0 Å². The predicted octanol–water partition coefficient (Wildman–Crippen LogP) is 5.66. The number of aliphatic imine (C=N–C) groups is 1.